The molecule has 0 amide bonds. The molecule has 0 atom stereocenters. The van der Waals surface area contributed by atoms with E-state index in [1.54, 1.807) is 4.57 Å². The number of imidazole rings is 1. The molecule has 0 bridgehead atoms. The summed E-state index contributed by atoms with van der Waals surface area (Å²) in [6.07, 6.45) is 8.51. The van der Waals surface area contributed by atoms with E-state index in [1.807, 2.05) is 70.2 Å². The van der Waals surface area contributed by atoms with Gasteiger partial charge in [0.25, 0.3) is 0 Å². The Morgan fingerprint density at radius 3 is 2.57 bits per heavy atom. The van der Waals surface area contributed by atoms with E-state index in [0.717, 1.165) is 47.3 Å². The van der Waals surface area contributed by atoms with Crippen molar-refractivity contribution in [1.29, 1.82) is 0 Å². The lowest BCUT2D eigenvalue weighted by atomic mass is 10.0. The van der Waals surface area contributed by atoms with Gasteiger partial charge in [-0.05, 0) is 49.6 Å². The first kappa shape index (κ1) is 24.7. The van der Waals surface area contributed by atoms with Gasteiger partial charge in [-0.2, -0.15) is 5.21 Å². The molecule has 0 spiro atoms. The van der Waals surface area contributed by atoms with Crippen LogP contribution < -0.4 is 5.69 Å². The Morgan fingerprint density at radius 2 is 1.89 bits per heavy atom. The molecule has 5 aromatic rings. The van der Waals surface area contributed by atoms with Crippen LogP contribution in [0.25, 0.3) is 28.5 Å². The lowest BCUT2D eigenvalue weighted by Gasteiger charge is -2.13. The number of H-pyrrole nitrogens is 1. The summed E-state index contributed by atoms with van der Waals surface area (Å²) in [6, 6.07) is 13.8. The van der Waals surface area contributed by atoms with Gasteiger partial charge in [0.1, 0.15) is 5.82 Å². The van der Waals surface area contributed by atoms with Crippen LogP contribution in [0.3, 0.4) is 0 Å². The number of aromatic amines is 1. The monoisotopic (exact) mass is 516 g/mol. The van der Waals surface area contributed by atoms with Crippen LogP contribution in [-0.4, -0.2) is 39.3 Å². The molecular formula is C27H29ClN8O. The molecule has 0 saturated carbocycles. The predicted molar refractivity (Wildman–Crippen MR) is 144 cm³/mol. The lowest BCUT2D eigenvalue weighted by Crippen LogP contribution is -2.26. The Labute approximate surface area is 219 Å². The van der Waals surface area contributed by atoms with Crippen LogP contribution in [0.15, 0.2) is 65.8 Å². The second kappa shape index (κ2) is 10.6. The Bertz CT molecular complexity index is 1540. The van der Waals surface area contributed by atoms with Gasteiger partial charge in [0.15, 0.2) is 0 Å². The quantitative estimate of drug-likeness (QED) is 0.286. The fourth-order valence-corrected chi connectivity index (χ4v) is 4.76. The van der Waals surface area contributed by atoms with E-state index in [9.17, 15) is 4.79 Å². The number of tetrazole rings is 1. The number of halogens is 1. The highest BCUT2D eigenvalue weighted by molar-refractivity contribution is 6.32. The molecule has 0 saturated heterocycles. The molecule has 190 valence electrons. The van der Waals surface area contributed by atoms with Crippen LogP contribution in [-0.2, 0) is 13.0 Å². The molecule has 0 aliphatic carbocycles. The van der Waals surface area contributed by atoms with Crippen molar-refractivity contribution in [3.8, 4) is 28.5 Å². The second-order valence-electron chi connectivity index (χ2n) is 9.28. The number of nitrogens with zero attached hydrogens (tertiary/aromatic N) is 7. The maximum atomic E-state index is 13.7. The molecule has 37 heavy (non-hydrogen) atoms. The van der Waals surface area contributed by atoms with Gasteiger partial charge in [-0.15, -0.1) is 10.2 Å². The SMILES string of the molecule is CCCCc1cn(-c2c(Cl)ccn2C(C)C)c(=O)n1Cc1ccc(-c2ccccc2-c2nn[nH]n2)nc1. The van der Waals surface area contributed by atoms with Crippen LogP contribution in [0.2, 0.25) is 5.02 Å². The normalized spacial score (nSPS) is 11.5. The van der Waals surface area contributed by atoms with E-state index < -0.39 is 0 Å². The molecular weight excluding hydrogens is 488 g/mol. The Balaban J connectivity index is 1.49. The Hall–Kier alpha value is -3.98. The predicted octanol–water partition coefficient (Wildman–Crippen LogP) is 5.31. The summed E-state index contributed by atoms with van der Waals surface area (Å²) in [7, 11) is 0. The highest BCUT2D eigenvalue weighted by Gasteiger charge is 2.19. The van der Waals surface area contributed by atoms with Crippen LogP contribution in [0.4, 0.5) is 0 Å². The standard InChI is InChI=1S/C27H29ClN8O/c1-4-5-8-20-17-36(26-23(28)13-14-34(26)18(2)3)27(37)35(20)16-19-11-12-24(29-15-19)21-9-6-7-10-22(21)25-30-32-33-31-25/h6-7,9-15,17-18H,4-5,8,16H2,1-3H3,(H,30,31,32,33). The molecule has 9 nitrogen and oxygen atoms in total. The van der Waals surface area contributed by atoms with E-state index in [-0.39, 0.29) is 11.7 Å². The molecule has 4 heterocycles. The molecule has 0 radical (unpaired) electrons. The van der Waals surface area contributed by atoms with Crippen LogP contribution >= 0.6 is 11.6 Å². The number of nitrogens with one attached hydrogen (secondary N) is 1. The van der Waals surface area contributed by atoms with Gasteiger partial charge in [-0.1, -0.05) is 55.3 Å². The van der Waals surface area contributed by atoms with Gasteiger partial charge in [0, 0.05) is 41.5 Å². The van der Waals surface area contributed by atoms with Crippen molar-refractivity contribution in [3.63, 3.8) is 0 Å². The minimum absolute atomic E-state index is 0.111. The Morgan fingerprint density at radius 1 is 1.08 bits per heavy atom. The molecule has 0 unspecified atom stereocenters. The maximum absolute atomic E-state index is 13.7. The van der Waals surface area contributed by atoms with Crippen molar-refractivity contribution in [1.82, 2.24) is 39.3 Å². The molecule has 4 aromatic heterocycles. The minimum atomic E-state index is -0.111. The third-order valence-electron chi connectivity index (χ3n) is 6.43. The number of hydrogen-bond acceptors (Lipinski definition) is 5. The van der Waals surface area contributed by atoms with Crippen molar-refractivity contribution >= 4 is 11.6 Å². The number of rotatable bonds is 9. The number of aromatic nitrogens is 8. The fraction of sp³-hybridized carbons (Fsp3) is 0.296. The lowest BCUT2D eigenvalue weighted by molar-refractivity contribution is 0.583. The maximum Gasteiger partial charge on any atom is 0.334 e. The smallest absolute Gasteiger partial charge is 0.330 e. The van der Waals surface area contributed by atoms with Gasteiger partial charge in [-0.25, -0.2) is 4.79 Å². The molecule has 5 rings (SSSR count). The first-order valence-corrected chi connectivity index (χ1v) is 12.8. The van der Waals surface area contributed by atoms with E-state index in [1.165, 1.54) is 0 Å². The zero-order valence-corrected chi connectivity index (χ0v) is 21.9. The van der Waals surface area contributed by atoms with Crippen molar-refractivity contribution in [2.45, 2.75) is 52.6 Å². The zero-order valence-electron chi connectivity index (χ0n) is 21.1. The highest BCUT2D eigenvalue weighted by Crippen LogP contribution is 2.29. The first-order chi connectivity index (χ1) is 18.0. The molecule has 1 aromatic carbocycles. The van der Waals surface area contributed by atoms with Crippen LogP contribution in [0.5, 0.6) is 0 Å². The summed E-state index contributed by atoms with van der Waals surface area (Å²) >= 11 is 6.53. The van der Waals surface area contributed by atoms with E-state index >= 15 is 0 Å². The van der Waals surface area contributed by atoms with E-state index in [4.69, 9.17) is 16.6 Å². The zero-order chi connectivity index (χ0) is 25.9. The summed E-state index contributed by atoms with van der Waals surface area (Å²) in [5.74, 6) is 1.21. The molecule has 10 heteroatoms. The third kappa shape index (κ3) is 4.86. The number of pyridine rings is 1. The fourth-order valence-electron chi connectivity index (χ4n) is 4.51. The minimum Gasteiger partial charge on any atom is -0.330 e. The number of hydrogen-bond donors (Lipinski definition) is 1. The largest absolute Gasteiger partial charge is 0.334 e. The van der Waals surface area contributed by atoms with Crippen LogP contribution in [0, 0.1) is 0 Å². The first-order valence-electron chi connectivity index (χ1n) is 12.4. The van der Waals surface area contributed by atoms with Gasteiger partial charge in [0.2, 0.25) is 5.82 Å². The van der Waals surface area contributed by atoms with Crippen molar-refractivity contribution < 1.29 is 0 Å². The van der Waals surface area contributed by atoms with E-state index in [0.29, 0.717) is 23.2 Å². The summed E-state index contributed by atoms with van der Waals surface area (Å²) in [6.45, 7) is 6.72. The van der Waals surface area contributed by atoms with Gasteiger partial charge in [-0.3, -0.25) is 14.1 Å². The van der Waals surface area contributed by atoms with Gasteiger partial charge in [0.05, 0.1) is 17.3 Å². The van der Waals surface area contributed by atoms with Gasteiger partial charge < -0.3 is 4.57 Å². The van der Waals surface area contributed by atoms with Crippen molar-refractivity contribution in [2.75, 3.05) is 0 Å². The Kier molecular flexibility index (Phi) is 7.05. The summed E-state index contributed by atoms with van der Waals surface area (Å²) < 4.78 is 5.53. The second-order valence-corrected chi connectivity index (χ2v) is 9.69. The molecule has 1 N–H and O–H groups in total. The number of unbranched alkanes of at least 4 members (excludes halogenated alkanes) is 1. The third-order valence-corrected chi connectivity index (χ3v) is 6.72. The molecule has 0 aliphatic rings. The summed E-state index contributed by atoms with van der Waals surface area (Å²) in [5, 5.41) is 14.9. The van der Waals surface area contributed by atoms with Gasteiger partial charge >= 0.3 is 5.69 Å². The van der Waals surface area contributed by atoms with Crippen molar-refractivity contribution in [3.05, 3.63) is 87.8 Å². The molecule has 0 aliphatic heterocycles. The highest BCUT2D eigenvalue weighted by atomic mass is 35.5. The average Bonchev–Trinajstić information content (AvgIpc) is 3.64. The van der Waals surface area contributed by atoms with Crippen molar-refractivity contribution in [2.24, 2.45) is 0 Å². The van der Waals surface area contributed by atoms with E-state index in [2.05, 4.69) is 41.4 Å². The number of benzene rings is 1. The topological polar surface area (TPSA) is 99.2 Å². The number of aryl methyl sites for hydroxylation is 1. The summed E-state index contributed by atoms with van der Waals surface area (Å²) in [4.78, 5) is 18.4. The molecule has 0 fully saturated rings. The average molecular weight is 517 g/mol. The van der Waals surface area contributed by atoms with Crippen LogP contribution in [0.1, 0.15) is 50.9 Å². The summed E-state index contributed by atoms with van der Waals surface area (Å²) in [5.41, 5.74) is 4.35.